The number of amides is 3. The highest BCUT2D eigenvalue weighted by atomic mass is 35.5. The number of ether oxygens (including phenoxy) is 1. The first kappa shape index (κ1) is 22.2. The van der Waals surface area contributed by atoms with Crippen molar-refractivity contribution < 1.29 is 14.3 Å². The number of carbonyl (C=O) groups is 2. The lowest BCUT2D eigenvalue weighted by Crippen LogP contribution is -2.37. The number of anilines is 1. The van der Waals surface area contributed by atoms with Gasteiger partial charge in [-0.15, -0.1) is 0 Å². The van der Waals surface area contributed by atoms with Gasteiger partial charge in [-0.05, 0) is 54.9 Å². The van der Waals surface area contributed by atoms with Crippen LogP contribution in [-0.2, 0) is 0 Å². The minimum atomic E-state index is -0.631. The number of imide groups is 1. The SMILES string of the molecule is CC1CCC(C(C)C)C(Oc2ccccc2NC(=O)NC(=O)c2ccccc2Cl)C1. The summed E-state index contributed by atoms with van der Waals surface area (Å²) in [6.07, 6.45) is 3.46. The third-order valence-electron chi connectivity index (χ3n) is 5.72. The van der Waals surface area contributed by atoms with Crippen LogP contribution in [-0.4, -0.2) is 18.0 Å². The van der Waals surface area contributed by atoms with Crippen molar-refractivity contribution in [3.05, 3.63) is 59.1 Å². The van der Waals surface area contributed by atoms with Crippen molar-refractivity contribution in [2.45, 2.75) is 46.1 Å². The number of urea groups is 1. The average molecular weight is 429 g/mol. The minimum Gasteiger partial charge on any atom is -0.488 e. The summed E-state index contributed by atoms with van der Waals surface area (Å²) >= 11 is 6.03. The molecule has 2 N–H and O–H groups in total. The summed E-state index contributed by atoms with van der Waals surface area (Å²) < 4.78 is 6.39. The Labute approximate surface area is 183 Å². The monoisotopic (exact) mass is 428 g/mol. The number of carbonyl (C=O) groups excluding carboxylic acids is 2. The standard InChI is InChI=1S/C24H29ClN2O3/c1-15(2)17-13-12-16(3)14-22(17)30-21-11-7-6-10-20(21)26-24(29)27-23(28)18-8-4-5-9-19(18)25/h4-11,15-17,22H,12-14H2,1-3H3,(H2,26,27,28,29). The third kappa shape index (κ3) is 5.54. The van der Waals surface area contributed by atoms with Crippen molar-refractivity contribution in [2.75, 3.05) is 5.32 Å². The summed E-state index contributed by atoms with van der Waals surface area (Å²) in [5, 5.41) is 5.35. The maximum atomic E-state index is 12.4. The van der Waals surface area contributed by atoms with E-state index in [0.717, 1.165) is 12.8 Å². The van der Waals surface area contributed by atoms with Crippen molar-refractivity contribution in [2.24, 2.45) is 17.8 Å². The van der Waals surface area contributed by atoms with Gasteiger partial charge in [0.25, 0.3) is 5.91 Å². The first-order valence-corrected chi connectivity index (χ1v) is 10.9. The van der Waals surface area contributed by atoms with E-state index in [-0.39, 0.29) is 16.7 Å². The highest BCUT2D eigenvalue weighted by molar-refractivity contribution is 6.34. The van der Waals surface area contributed by atoms with Gasteiger partial charge in [-0.1, -0.05) is 63.1 Å². The van der Waals surface area contributed by atoms with Crippen LogP contribution >= 0.6 is 11.6 Å². The van der Waals surface area contributed by atoms with Crippen molar-refractivity contribution in [1.29, 1.82) is 0 Å². The van der Waals surface area contributed by atoms with E-state index in [1.165, 1.54) is 6.42 Å². The zero-order chi connectivity index (χ0) is 21.7. The summed E-state index contributed by atoms with van der Waals surface area (Å²) in [6, 6.07) is 13.3. The minimum absolute atomic E-state index is 0.101. The number of hydrogen-bond acceptors (Lipinski definition) is 3. The maximum absolute atomic E-state index is 12.4. The average Bonchev–Trinajstić information content (AvgIpc) is 2.69. The molecule has 0 aromatic heterocycles. The number of rotatable bonds is 5. The zero-order valence-electron chi connectivity index (χ0n) is 17.7. The number of hydrogen-bond donors (Lipinski definition) is 2. The molecule has 1 aliphatic rings. The molecule has 5 nitrogen and oxygen atoms in total. The Bertz CT molecular complexity index is 900. The second kappa shape index (κ2) is 9.98. The Hall–Kier alpha value is -2.53. The van der Waals surface area contributed by atoms with Crippen LogP contribution in [0.3, 0.4) is 0 Å². The fourth-order valence-electron chi connectivity index (χ4n) is 4.06. The van der Waals surface area contributed by atoms with Crippen molar-refractivity contribution >= 4 is 29.2 Å². The first-order chi connectivity index (χ1) is 14.3. The van der Waals surface area contributed by atoms with E-state index in [0.29, 0.717) is 29.2 Å². The maximum Gasteiger partial charge on any atom is 0.326 e. The highest BCUT2D eigenvalue weighted by Gasteiger charge is 2.32. The van der Waals surface area contributed by atoms with Gasteiger partial charge in [0.2, 0.25) is 0 Å². The molecule has 2 aromatic carbocycles. The molecule has 0 saturated heterocycles. The van der Waals surface area contributed by atoms with Gasteiger partial charge in [-0.3, -0.25) is 10.1 Å². The third-order valence-corrected chi connectivity index (χ3v) is 6.05. The molecule has 1 fully saturated rings. The molecule has 160 valence electrons. The van der Waals surface area contributed by atoms with Crippen LogP contribution in [0.4, 0.5) is 10.5 Å². The van der Waals surface area contributed by atoms with E-state index in [1.54, 1.807) is 30.3 Å². The molecule has 0 spiro atoms. The van der Waals surface area contributed by atoms with Crippen molar-refractivity contribution in [3.8, 4) is 5.75 Å². The molecule has 6 heteroatoms. The first-order valence-electron chi connectivity index (χ1n) is 10.5. The Kier molecular flexibility index (Phi) is 7.38. The molecule has 0 bridgehead atoms. The Balaban J connectivity index is 1.69. The van der Waals surface area contributed by atoms with Crippen molar-refractivity contribution in [3.63, 3.8) is 0 Å². The van der Waals surface area contributed by atoms with E-state index in [1.807, 2.05) is 18.2 Å². The highest BCUT2D eigenvalue weighted by Crippen LogP contribution is 2.37. The second-order valence-corrected chi connectivity index (χ2v) is 8.77. The topological polar surface area (TPSA) is 67.4 Å². The Morgan fingerprint density at radius 1 is 1.07 bits per heavy atom. The zero-order valence-corrected chi connectivity index (χ0v) is 18.4. The molecule has 3 rings (SSSR count). The molecule has 0 heterocycles. The molecular weight excluding hydrogens is 400 g/mol. The summed E-state index contributed by atoms with van der Waals surface area (Å²) in [4.78, 5) is 24.8. The van der Waals surface area contributed by atoms with Gasteiger partial charge < -0.3 is 10.1 Å². The molecule has 1 aliphatic carbocycles. The van der Waals surface area contributed by atoms with Crippen LogP contribution in [0.15, 0.2) is 48.5 Å². The lowest BCUT2D eigenvalue weighted by molar-refractivity contribution is 0.0465. The van der Waals surface area contributed by atoms with Gasteiger partial charge in [0.15, 0.2) is 0 Å². The number of benzene rings is 2. The van der Waals surface area contributed by atoms with Crippen molar-refractivity contribution in [1.82, 2.24) is 5.32 Å². The van der Waals surface area contributed by atoms with E-state index >= 15 is 0 Å². The second-order valence-electron chi connectivity index (χ2n) is 8.37. The summed E-state index contributed by atoms with van der Waals surface area (Å²) in [6.45, 7) is 6.72. The van der Waals surface area contributed by atoms with Gasteiger partial charge in [0.1, 0.15) is 11.9 Å². The van der Waals surface area contributed by atoms with Crippen LogP contribution in [0.25, 0.3) is 0 Å². The molecule has 30 heavy (non-hydrogen) atoms. The van der Waals surface area contributed by atoms with Gasteiger partial charge in [0.05, 0.1) is 16.3 Å². The quantitative estimate of drug-likeness (QED) is 0.600. The lowest BCUT2D eigenvalue weighted by atomic mass is 9.75. The van der Waals surface area contributed by atoms with E-state index in [4.69, 9.17) is 16.3 Å². The summed E-state index contributed by atoms with van der Waals surface area (Å²) in [5.41, 5.74) is 0.775. The number of nitrogens with one attached hydrogen (secondary N) is 2. The lowest BCUT2D eigenvalue weighted by Gasteiger charge is -2.37. The summed E-state index contributed by atoms with van der Waals surface area (Å²) in [5.74, 6) is 1.67. The predicted octanol–water partition coefficient (Wildman–Crippen LogP) is 6.14. The van der Waals surface area contributed by atoms with Gasteiger partial charge in [-0.2, -0.15) is 0 Å². The molecule has 1 saturated carbocycles. The molecule has 0 radical (unpaired) electrons. The van der Waals surface area contributed by atoms with Crippen LogP contribution in [0.5, 0.6) is 5.75 Å². The fraction of sp³-hybridized carbons (Fsp3) is 0.417. The largest absolute Gasteiger partial charge is 0.488 e. The molecule has 3 atom stereocenters. The van der Waals surface area contributed by atoms with Crippen LogP contribution in [0, 0.1) is 17.8 Å². The molecular formula is C24H29ClN2O3. The smallest absolute Gasteiger partial charge is 0.326 e. The number of halogens is 1. The number of para-hydroxylation sites is 2. The van der Waals surface area contributed by atoms with E-state index in [9.17, 15) is 9.59 Å². The fourth-order valence-corrected chi connectivity index (χ4v) is 4.28. The molecule has 2 aromatic rings. The molecule has 3 unspecified atom stereocenters. The van der Waals surface area contributed by atoms with Crippen LogP contribution in [0.1, 0.15) is 50.4 Å². The predicted molar refractivity (Wildman–Crippen MR) is 120 cm³/mol. The summed E-state index contributed by atoms with van der Waals surface area (Å²) in [7, 11) is 0. The Morgan fingerprint density at radius 2 is 1.77 bits per heavy atom. The van der Waals surface area contributed by atoms with Gasteiger partial charge in [-0.25, -0.2) is 4.79 Å². The van der Waals surface area contributed by atoms with Crippen LogP contribution < -0.4 is 15.4 Å². The van der Waals surface area contributed by atoms with Gasteiger partial charge in [0, 0.05) is 0 Å². The van der Waals surface area contributed by atoms with Gasteiger partial charge >= 0.3 is 6.03 Å². The van der Waals surface area contributed by atoms with E-state index in [2.05, 4.69) is 31.4 Å². The molecule has 0 aliphatic heterocycles. The molecule has 3 amide bonds. The van der Waals surface area contributed by atoms with Crippen LogP contribution in [0.2, 0.25) is 5.02 Å². The normalized spacial score (nSPS) is 21.2. The van der Waals surface area contributed by atoms with E-state index < -0.39 is 11.9 Å². The Morgan fingerprint density at radius 3 is 2.50 bits per heavy atom.